The fraction of sp³-hybridized carbons (Fsp3) is 0.238. The molecule has 0 saturated heterocycles. The minimum absolute atomic E-state index is 0.357. The van der Waals surface area contributed by atoms with E-state index in [4.69, 9.17) is 16.3 Å². The van der Waals surface area contributed by atoms with Crippen LogP contribution in [0.1, 0.15) is 27.7 Å². The van der Waals surface area contributed by atoms with Gasteiger partial charge in [-0.2, -0.15) is 4.99 Å². The maximum Gasteiger partial charge on any atom is 0.283 e. The smallest absolute Gasteiger partial charge is 0.283 e. The quantitative estimate of drug-likeness (QED) is 0.599. The van der Waals surface area contributed by atoms with Crippen LogP contribution in [-0.2, 0) is 6.54 Å². The van der Waals surface area contributed by atoms with Crippen LogP contribution in [0.3, 0.4) is 0 Å². The Morgan fingerprint density at radius 3 is 2.52 bits per heavy atom. The van der Waals surface area contributed by atoms with Crippen molar-refractivity contribution in [3.05, 3.63) is 68.3 Å². The Labute approximate surface area is 167 Å². The summed E-state index contributed by atoms with van der Waals surface area (Å²) >= 11 is 7.56. The van der Waals surface area contributed by atoms with Gasteiger partial charge < -0.3 is 9.30 Å². The Balaban J connectivity index is 2.12. The maximum atomic E-state index is 12.8. The van der Waals surface area contributed by atoms with Gasteiger partial charge in [0.05, 0.1) is 18.4 Å². The van der Waals surface area contributed by atoms with Crippen LogP contribution >= 0.6 is 22.9 Å². The Morgan fingerprint density at radius 2 is 1.89 bits per heavy atom. The largest absolute Gasteiger partial charge is 0.496 e. The van der Waals surface area contributed by atoms with E-state index in [9.17, 15) is 4.79 Å². The Hall–Kier alpha value is -2.37. The SMILES string of the molecule is CCn1c(-c2ccc(C)cc2)c(C)sc1=NC(=O)c1cc(Cl)ccc1OC. The second kappa shape index (κ2) is 8.11. The zero-order chi connectivity index (χ0) is 19.6. The van der Waals surface area contributed by atoms with Crippen molar-refractivity contribution < 1.29 is 9.53 Å². The van der Waals surface area contributed by atoms with Gasteiger partial charge in [-0.3, -0.25) is 4.79 Å². The minimum Gasteiger partial charge on any atom is -0.496 e. The lowest BCUT2D eigenvalue weighted by Gasteiger charge is -2.08. The number of nitrogens with zero attached hydrogens (tertiary/aromatic N) is 2. The van der Waals surface area contributed by atoms with Crippen molar-refractivity contribution in [2.24, 2.45) is 4.99 Å². The zero-order valence-corrected chi connectivity index (χ0v) is 17.3. The molecule has 1 heterocycles. The van der Waals surface area contributed by atoms with Gasteiger partial charge in [0.25, 0.3) is 5.91 Å². The van der Waals surface area contributed by atoms with Crippen LogP contribution in [0.5, 0.6) is 5.75 Å². The van der Waals surface area contributed by atoms with Gasteiger partial charge in [-0.15, -0.1) is 11.3 Å². The lowest BCUT2D eigenvalue weighted by molar-refractivity contribution is 0.0995. The molecule has 3 rings (SSSR count). The molecule has 6 heteroatoms. The second-order valence-corrected chi connectivity index (χ2v) is 7.78. The first-order chi connectivity index (χ1) is 12.9. The van der Waals surface area contributed by atoms with E-state index in [0.29, 0.717) is 27.7 Å². The van der Waals surface area contributed by atoms with Crippen molar-refractivity contribution in [3.63, 3.8) is 0 Å². The van der Waals surface area contributed by atoms with E-state index < -0.39 is 0 Å². The number of aromatic nitrogens is 1. The molecule has 0 aliphatic heterocycles. The van der Waals surface area contributed by atoms with Gasteiger partial charge in [0.15, 0.2) is 4.80 Å². The monoisotopic (exact) mass is 400 g/mol. The summed E-state index contributed by atoms with van der Waals surface area (Å²) in [5.41, 5.74) is 3.77. The van der Waals surface area contributed by atoms with Crippen molar-refractivity contribution in [2.75, 3.05) is 7.11 Å². The summed E-state index contributed by atoms with van der Waals surface area (Å²) in [4.78, 5) is 19.0. The molecule has 0 spiro atoms. The molecule has 0 radical (unpaired) electrons. The molecular weight excluding hydrogens is 380 g/mol. The number of carbonyl (C=O) groups excluding carboxylic acids is 1. The maximum absolute atomic E-state index is 12.8. The molecule has 0 bridgehead atoms. The molecule has 1 amide bonds. The number of hydrogen-bond donors (Lipinski definition) is 0. The predicted molar refractivity (Wildman–Crippen MR) is 111 cm³/mol. The number of rotatable bonds is 4. The number of benzene rings is 2. The zero-order valence-electron chi connectivity index (χ0n) is 15.7. The van der Waals surface area contributed by atoms with Crippen LogP contribution in [-0.4, -0.2) is 17.6 Å². The highest BCUT2D eigenvalue weighted by Gasteiger charge is 2.15. The number of aryl methyl sites for hydroxylation is 2. The van der Waals surface area contributed by atoms with Gasteiger partial charge >= 0.3 is 0 Å². The average molecular weight is 401 g/mol. The first-order valence-electron chi connectivity index (χ1n) is 8.64. The standard InChI is InChI=1S/C21H21ClN2O2S/c1-5-24-19(15-8-6-13(2)7-9-15)14(3)27-21(24)23-20(25)17-12-16(22)10-11-18(17)26-4/h6-12H,5H2,1-4H3. The molecule has 0 aliphatic rings. The molecule has 0 unspecified atom stereocenters. The van der Waals surface area contributed by atoms with Crippen molar-refractivity contribution >= 4 is 28.8 Å². The lowest BCUT2D eigenvalue weighted by Crippen LogP contribution is -2.17. The van der Waals surface area contributed by atoms with Gasteiger partial charge in [-0.1, -0.05) is 41.4 Å². The number of thiazole rings is 1. The van der Waals surface area contributed by atoms with Crippen molar-refractivity contribution in [2.45, 2.75) is 27.3 Å². The molecule has 0 atom stereocenters. The fourth-order valence-corrected chi connectivity index (χ4v) is 4.20. The number of halogens is 1. The van der Waals surface area contributed by atoms with Crippen molar-refractivity contribution in [1.82, 2.24) is 4.57 Å². The molecule has 0 fully saturated rings. The van der Waals surface area contributed by atoms with E-state index in [1.165, 1.54) is 24.0 Å². The molecule has 0 N–H and O–H groups in total. The third-order valence-electron chi connectivity index (χ3n) is 4.31. The summed E-state index contributed by atoms with van der Waals surface area (Å²) in [6.07, 6.45) is 0. The molecule has 140 valence electrons. The van der Waals surface area contributed by atoms with Crippen LogP contribution in [0.2, 0.25) is 5.02 Å². The Morgan fingerprint density at radius 1 is 1.19 bits per heavy atom. The summed E-state index contributed by atoms with van der Waals surface area (Å²) in [6, 6.07) is 13.3. The fourth-order valence-electron chi connectivity index (χ4n) is 2.97. The Bertz CT molecular complexity index is 1050. The van der Waals surface area contributed by atoms with E-state index in [1.807, 2.05) is 6.92 Å². The van der Waals surface area contributed by atoms with E-state index in [1.54, 1.807) is 18.2 Å². The number of hydrogen-bond acceptors (Lipinski definition) is 3. The number of methoxy groups -OCH3 is 1. The topological polar surface area (TPSA) is 43.6 Å². The normalized spacial score (nSPS) is 11.7. The summed E-state index contributed by atoms with van der Waals surface area (Å²) < 4.78 is 7.35. The molecule has 0 aliphatic carbocycles. The number of carbonyl (C=O) groups is 1. The van der Waals surface area contributed by atoms with Gasteiger partial charge in [-0.05, 0) is 44.5 Å². The summed E-state index contributed by atoms with van der Waals surface area (Å²) in [5.74, 6) is 0.0940. The van der Waals surface area contributed by atoms with Gasteiger partial charge in [-0.25, -0.2) is 0 Å². The average Bonchev–Trinajstić information content (AvgIpc) is 2.97. The highest BCUT2D eigenvalue weighted by molar-refractivity contribution is 7.09. The summed E-state index contributed by atoms with van der Waals surface area (Å²) in [5, 5.41) is 0.473. The molecule has 2 aromatic carbocycles. The molecule has 4 nitrogen and oxygen atoms in total. The minimum atomic E-state index is -0.367. The molecule has 3 aromatic rings. The van der Waals surface area contributed by atoms with Crippen LogP contribution in [0, 0.1) is 13.8 Å². The van der Waals surface area contributed by atoms with Gasteiger partial charge in [0, 0.05) is 16.4 Å². The van der Waals surface area contributed by atoms with Crippen molar-refractivity contribution in [3.8, 4) is 17.0 Å². The van der Waals surface area contributed by atoms with Crippen LogP contribution in [0.15, 0.2) is 47.5 Å². The number of ether oxygens (including phenoxy) is 1. The van der Waals surface area contributed by atoms with Crippen molar-refractivity contribution in [1.29, 1.82) is 0 Å². The summed E-state index contributed by atoms with van der Waals surface area (Å²) in [7, 11) is 1.52. The lowest BCUT2D eigenvalue weighted by atomic mass is 10.1. The van der Waals surface area contributed by atoms with E-state index in [2.05, 4.69) is 47.7 Å². The van der Waals surface area contributed by atoms with E-state index in [-0.39, 0.29) is 5.91 Å². The predicted octanol–water partition coefficient (Wildman–Crippen LogP) is 5.26. The van der Waals surface area contributed by atoms with Crippen LogP contribution in [0.4, 0.5) is 0 Å². The molecule has 27 heavy (non-hydrogen) atoms. The van der Waals surface area contributed by atoms with Crippen LogP contribution < -0.4 is 9.54 Å². The molecule has 1 aromatic heterocycles. The third kappa shape index (κ3) is 3.99. The second-order valence-electron chi connectivity index (χ2n) is 6.16. The third-order valence-corrected chi connectivity index (χ3v) is 5.54. The van der Waals surface area contributed by atoms with Gasteiger partial charge in [0.1, 0.15) is 5.75 Å². The Kier molecular flexibility index (Phi) is 5.82. The van der Waals surface area contributed by atoms with E-state index in [0.717, 1.165) is 16.1 Å². The van der Waals surface area contributed by atoms with Gasteiger partial charge in [0.2, 0.25) is 0 Å². The van der Waals surface area contributed by atoms with Crippen LogP contribution in [0.25, 0.3) is 11.3 Å². The number of amides is 1. The molecular formula is C21H21ClN2O2S. The molecule has 0 saturated carbocycles. The first kappa shape index (κ1) is 19.4. The highest BCUT2D eigenvalue weighted by atomic mass is 35.5. The first-order valence-corrected chi connectivity index (χ1v) is 9.84. The van der Waals surface area contributed by atoms with E-state index >= 15 is 0 Å². The summed E-state index contributed by atoms with van der Waals surface area (Å²) in [6.45, 7) is 6.88. The highest BCUT2D eigenvalue weighted by Crippen LogP contribution is 2.26.